The largest absolute Gasteiger partial charge is 0.497 e. The molecular weight excluding hydrogens is 402 g/mol. The molecule has 0 spiro atoms. The predicted octanol–water partition coefficient (Wildman–Crippen LogP) is 2.21. The van der Waals surface area contributed by atoms with Gasteiger partial charge in [0.15, 0.2) is 21.5 Å². The normalized spacial score (nSPS) is 15.3. The van der Waals surface area contributed by atoms with E-state index in [2.05, 4.69) is 0 Å². The van der Waals surface area contributed by atoms with Gasteiger partial charge in [-0.1, -0.05) is 6.07 Å². The Labute approximate surface area is 168 Å². The molecule has 6 nitrogen and oxygen atoms in total. The topological polar surface area (TPSA) is 66.9 Å². The first-order valence-corrected chi connectivity index (χ1v) is 10.8. The summed E-state index contributed by atoms with van der Waals surface area (Å²) in [6.07, 6.45) is 0. The summed E-state index contributed by atoms with van der Waals surface area (Å²) >= 11 is 0. The van der Waals surface area contributed by atoms with Crippen LogP contribution in [0.2, 0.25) is 0 Å². The van der Waals surface area contributed by atoms with Crippen LogP contribution in [-0.2, 0) is 9.84 Å². The van der Waals surface area contributed by atoms with Crippen molar-refractivity contribution in [1.29, 1.82) is 0 Å². The van der Waals surface area contributed by atoms with Gasteiger partial charge < -0.3 is 9.64 Å². The Kier molecular flexibility index (Phi) is 6.49. The summed E-state index contributed by atoms with van der Waals surface area (Å²) in [7, 11) is -1.97. The molecule has 29 heavy (non-hydrogen) atoms. The van der Waals surface area contributed by atoms with Gasteiger partial charge in [0.2, 0.25) is 0 Å². The van der Waals surface area contributed by atoms with Crippen LogP contribution in [-0.4, -0.2) is 69.7 Å². The fourth-order valence-electron chi connectivity index (χ4n) is 3.15. The molecule has 156 valence electrons. The Balaban J connectivity index is 1.54. The lowest BCUT2D eigenvalue weighted by molar-refractivity contribution is 0.0643. The zero-order valence-corrected chi connectivity index (χ0v) is 16.8. The van der Waals surface area contributed by atoms with E-state index >= 15 is 0 Å². The molecule has 9 heteroatoms. The zero-order chi connectivity index (χ0) is 21.0. The van der Waals surface area contributed by atoms with E-state index in [0.29, 0.717) is 38.5 Å². The summed E-state index contributed by atoms with van der Waals surface area (Å²) in [5.74, 6) is -1.99. The summed E-state index contributed by atoms with van der Waals surface area (Å²) in [6.45, 7) is 2.12. The molecule has 3 rings (SSSR count). The van der Waals surface area contributed by atoms with E-state index in [9.17, 15) is 22.0 Å². The second-order valence-corrected chi connectivity index (χ2v) is 8.87. The highest BCUT2D eigenvalue weighted by atomic mass is 32.2. The predicted molar refractivity (Wildman–Crippen MR) is 104 cm³/mol. The number of benzene rings is 2. The van der Waals surface area contributed by atoms with Gasteiger partial charge in [0, 0.05) is 38.3 Å². The SMILES string of the molecule is COc1cccc(S(=O)(=O)CCN2CCN(C(=O)c3ccc(F)c(F)c3)CC2)c1. The highest BCUT2D eigenvalue weighted by Gasteiger charge is 2.24. The summed E-state index contributed by atoms with van der Waals surface area (Å²) in [5, 5.41) is 0. The molecule has 0 aromatic heterocycles. The van der Waals surface area contributed by atoms with Crippen LogP contribution >= 0.6 is 0 Å². The van der Waals surface area contributed by atoms with Crippen LogP contribution in [0.25, 0.3) is 0 Å². The third-order valence-electron chi connectivity index (χ3n) is 4.90. The molecule has 0 atom stereocenters. The Morgan fingerprint density at radius 1 is 1.03 bits per heavy atom. The number of carbonyl (C=O) groups is 1. The molecule has 1 heterocycles. The second-order valence-electron chi connectivity index (χ2n) is 6.76. The summed E-state index contributed by atoms with van der Waals surface area (Å²) in [5.41, 5.74) is 0.0953. The average molecular weight is 424 g/mol. The third-order valence-corrected chi connectivity index (χ3v) is 6.59. The number of hydrogen-bond donors (Lipinski definition) is 0. The maximum atomic E-state index is 13.3. The van der Waals surface area contributed by atoms with Crippen molar-refractivity contribution in [2.24, 2.45) is 0 Å². The van der Waals surface area contributed by atoms with Gasteiger partial charge in [0.1, 0.15) is 5.75 Å². The lowest BCUT2D eigenvalue weighted by atomic mass is 10.1. The lowest BCUT2D eigenvalue weighted by Gasteiger charge is -2.34. The van der Waals surface area contributed by atoms with Crippen molar-refractivity contribution in [1.82, 2.24) is 9.80 Å². The molecule has 0 bridgehead atoms. The molecule has 0 unspecified atom stereocenters. The first kappa shape index (κ1) is 21.2. The molecular formula is C20H22F2N2O4S. The molecule has 2 aromatic rings. The fourth-order valence-corrected chi connectivity index (χ4v) is 4.46. The number of ether oxygens (including phenoxy) is 1. The maximum absolute atomic E-state index is 13.3. The molecule has 1 aliphatic heterocycles. The monoisotopic (exact) mass is 424 g/mol. The van der Waals surface area contributed by atoms with Gasteiger partial charge in [-0.25, -0.2) is 17.2 Å². The second kappa shape index (κ2) is 8.87. The van der Waals surface area contributed by atoms with Crippen LogP contribution in [0.3, 0.4) is 0 Å². The average Bonchev–Trinajstić information content (AvgIpc) is 2.74. The van der Waals surface area contributed by atoms with Gasteiger partial charge in [-0.15, -0.1) is 0 Å². The highest BCUT2D eigenvalue weighted by molar-refractivity contribution is 7.91. The molecule has 1 aliphatic rings. The standard InChI is InChI=1S/C20H22F2N2O4S/c1-28-16-3-2-4-17(14-16)29(26,27)12-11-23-7-9-24(10-8-23)20(25)15-5-6-18(21)19(22)13-15/h2-6,13-14H,7-12H2,1H3. The molecule has 1 fully saturated rings. The smallest absolute Gasteiger partial charge is 0.254 e. The number of piperazine rings is 1. The van der Waals surface area contributed by atoms with Gasteiger partial charge in [0.25, 0.3) is 5.91 Å². The Morgan fingerprint density at radius 2 is 1.76 bits per heavy atom. The summed E-state index contributed by atoms with van der Waals surface area (Å²) < 4.78 is 56.6. The third kappa shape index (κ3) is 5.10. The van der Waals surface area contributed by atoms with Crippen LogP contribution < -0.4 is 4.74 Å². The fraction of sp³-hybridized carbons (Fsp3) is 0.350. The van der Waals surface area contributed by atoms with Gasteiger partial charge in [-0.05, 0) is 36.4 Å². The number of halogens is 2. The number of nitrogens with zero attached hydrogens (tertiary/aromatic N) is 2. The number of hydrogen-bond acceptors (Lipinski definition) is 5. The number of sulfone groups is 1. The van der Waals surface area contributed by atoms with Gasteiger partial charge in [-0.2, -0.15) is 0 Å². The highest BCUT2D eigenvalue weighted by Crippen LogP contribution is 2.19. The van der Waals surface area contributed by atoms with Gasteiger partial charge in [-0.3, -0.25) is 9.69 Å². The number of carbonyl (C=O) groups excluding carboxylic acids is 1. The minimum atomic E-state index is -3.45. The lowest BCUT2D eigenvalue weighted by Crippen LogP contribution is -2.49. The Hall–Kier alpha value is -2.52. The summed E-state index contributed by atoms with van der Waals surface area (Å²) in [4.78, 5) is 16.2. The minimum absolute atomic E-state index is 0.0444. The van der Waals surface area contributed by atoms with Crippen LogP contribution in [0.15, 0.2) is 47.4 Å². The van der Waals surface area contributed by atoms with E-state index in [0.717, 1.165) is 12.1 Å². The number of rotatable bonds is 6. The first-order chi connectivity index (χ1) is 13.8. The van der Waals surface area contributed by atoms with Crippen molar-refractivity contribution >= 4 is 15.7 Å². The van der Waals surface area contributed by atoms with E-state index in [1.165, 1.54) is 25.3 Å². The van der Waals surface area contributed by atoms with E-state index in [1.807, 2.05) is 4.90 Å². The van der Waals surface area contributed by atoms with Crippen LogP contribution in [0.4, 0.5) is 8.78 Å². The minimum Gasteiger partial charge on any atom is -0.497 e. The van der Waals surface area contributed by atoms with E-state index in [1.54, 1.807) is 17.0 Å². The molecule has 1 amide bonds. The van der Waals surface area contributed by atoms with Crippen molar-refractivity contribution in [3.63, 3.8) is 0 Å². The molecule has 0 aliphatic carbocycles. The first-order valence-electron chi connectivity index (χ1n) is 9.13. The molecule has 0 saturated carbocycles. The zero-order valence-electron chi connectivity index (χ0n) is 16.0. The van der Waals surface area contributed by atoms with Crippen molar-refractivity contribution in [2.75, 3.05) is 45.6 Å². The molecule has 0 N–H and O–H groups in total. The van der Waals surface area contributed by atoms with E-state index in [4.69, 9.17) is 4.74 Å². The molecule has 2 aromatic carbocycles. The van der Waals surface area contributed by atoms with Crippen LogP contribution in [0, 0.1) is 11.6 Å². The quantitative estimate of drug-likeness (QED) is 0.711. The summed E-state index contributed by atoms with van der Waals surface area (Å²) in [6, 6.07) is 9.43. The maximum Gasteiger partial charge on any atom is 0.254 e. The van der Waals surface area contributed by atoms with Crippen molar-refractivity contribution in [3.05, 3.63) is 59.7 Å². The van der Waals surface area contributed by atoms with E-state index < -0.39 is 21.5 Å². The molecule has 0 radical (unpaired) electrons. The number of amides is 1. The number of methoxy groups -OCH3 is 1. The van der Waals surface area contributed by atoms with Crippen molar-refractivity contribution in [3.8, 4) is 5.75 Å². The van der Waals surface area contributed by atoms with Gasteiger partial charge >= 0.3 is 0 Å². The van der Waals surface area contributed by atoms with E-state index in [-0.39, 0.29) is 22.1 Å². The van der Waals surface area contributed by atoms with Crippen LogP contribution in [0.1, 0.15) is 10.4 Å². The molecule has 1 saturated heterocycles. The Morgan fingerprint density at radius 3 is 2.41 bits per heavy atom. The van der Waals surface area contributed by atoms with Crippen LogP contribution in [0.5, 0.6) is 5.75 Å². The van der Waals surface area contributed by atoms with Gasteiger partial charge in [0.05, 0.1) is 17.8 Å². The Bertz CT molecular complexity index is 990. The van der Waals surface area contributed by atoms with Crippen molar-refractivity contribution in [2.45, 2.75) is 4.90 Å². The van der Waals surface area contributed by atoms with Crippen molar-refractivity contribution < 1.29 is 26.7 Å².